The molecule has 9 nitrogen and oxygen atoms in total. The van der Waals surface area contributed by atoms with Gasteiger partial charge in [-0.3, -0.25) is 4.99 Å². The smallest absolute Gasteiger partial charge is 0.312 e. The van der Waals surface area contributed by atoms with E-state index >= 15 is 0 Å². The van der Waals surface area contributed by atoms with E-state index < -0.39 is 6.03 Å². The number of hydrogen-bond acceptors (Lipinski definition) is 6. The summed E-state index contributed by atoms with van der Waals surface area (Å²) < 4.78 is 0. The number of thiazole rings is 1. The number of guanidine groups is 1. The van der Waals surface area contributed by atoms with Crippen molar-refractivity contribution in [2.75, 3.05) is 11.9 Å². The largest absolute Gasteiger partial charge is 0.370 e. The van der Waals surface area contributed by atoms with Crippen molar-refractivity contribution in [1.82, 2.24) is 20.3 Å². The van der Waals surface area contributed by atoms with E-state index in [-0.39, 0.29) is 6.54 Å². The molecule has 25 heavy (non-hydrogen) atoms. The van der Waals surface area contributed by atoms with Gasteiger partial charge >= 0.3 is 6.03 Å². The van der Waals surface area contributed by atoms with Crippen LogP contribution in [0.1, 0.15) is 32.0 Å². The van der Waals surface area contributed by atoms with Crippen LogP contribution in [-0.4, -0.2) is 33.5 Å². The molecule has 6 N–H and O–H groups in total. The second-order valence-electron chi connectivity index (χ2n) is 5.21. The molecule has 0 aliphatic rings. The maximum Gasteiger partial charge on any atom is 0.312 e. The first-order chi connectivity index (χ1) is 12.1. The highest BCUT2D eigenvalue weighted by Crippen LogP contribution is 2.23. The summed E-state index contributed by atoms with van der Waals surface area (Å²) in [6.45, 7) is 3.01. The third kappa shape index (κ3) is 6.34. The standard InChI is InChI=1S/C15H22N8OS/c1-2-3-4-6-19-13(16)23-15-22-11(9-25-15)10-5-7-18-12(21-10)8-20-14(17)24/h5,7,9H,2-4,6,8H2,1H3,(H3,17,20,24)(H3,16,19,22,23). The summed E-state index contributed by atoms with van der Waals surface area (Å²) in [5.74, 6) is 0.807. The number of unbranched alkanes of at least 4 members (excludes halogenated alkanes) is 2. The van der Waals surface area contributed by atoms with Crippen molar-refractivity contribution >= 4 is 28.5 Å². The molecule has 0 spiro atoms. The zero-order valence-corrected chi connectivity index (χ0v) is 14.8. The molecule has 0 atom stereocenters. The summed E-state index contributed by atoms with van der Waals surface area (Å²) in [5.41, 5.74) is 12.2. The monoisotopic (exact) mass is 362 g/mol. The molecule has 0 fully saturated rings. The highest BCUT2D eigenvalue weighted by atomic mass is 32.1. The van der Waals surface area contributed by atoms with Crippen molar-refractivity contribution in [3.8, 4) is 11.4 Å². The van der Waals surface area contributed by atoms with Gasteiger partial charge in [0.05, 0.1) is 12.2 Å². The molecule has 2 rings (SSSR count). The minimum atomic E-state index is -0.622. The van der Waals surface area contributed by atoms with Gasteiger partial charge in [-0.05, 0) is 12.5 Å². The number of carbonyl (C=O) groups is 1. The third-order valence-corrected chi connectivity index (χ3v) is 3.93. The van der Waals surface area contributed by atoms with Crippen molar-refractivity contribution in [1.29, 1.82) is 0 Å². The maximum atomic E-state index is 10.8. The fraction of sp³-hybridized carbons (Fsp3) is 0.400. The van der Waals surface area contributed by atoms with Crippen LogP contribution in [0.4, 0.5) is 9.93 Å². The quantitative estimate of drug-likeness (QED) is 0.319. The van der Waals surface area contributed by atoms with Crippen molar-refractivity contribution in [3.05, 3.63) is 23.5 Å². The van der Waals surface area contributed by atoms with Gasteiger partial charge in [0.1, 0.15) is 11.5 Å². The lowest BCUT2D eigenvalue weighted by molar-refractivity contribution is 0.248. The van der Waals surface area contributed by atoms with Gasteiger partial charge in [0, 0.05) is 18.1 Å². The van der Waals surface area contributed by atoms with Crippen molar-refractivity contribution in [2.45, 2.75) is 32.7 Å². The lowest BCUT2D eigenvalue weighted by Crippen LogP contribution is -2.29. The Morgan fingerprint density at radius 3 is 2.88 bits per heavy atom. The summed E-state index contributed by atoms with van der Waals surface area (Å²) in [7, 11) is 0. The number of nitrogens with zero attached hydrogens (tertiary/aromatic N) is 4. The first-order valence-corrected chi connectivity index (χ1v) is 8.84. The molecule has 134 valence electrons. The predicted molar refractivity (Wildman–Crippen MR) is 99.2 cm³/mol. The Morgan fingerprint density at radius 2 is 2.12 bits per heavy atom. The van der Waals surface area contributed by atoms with Crippen LogP contribution in [-0.2, 0) is 6.54 Å². The fourth-order valence-electron chi connectivity index (χ4n) is 1.95. The minimum absolute atomic E-state index is 0.162. The number of aromatic nitrogens is 3. The van der Waals surface area contributed by atoms with E-state index in [0.717, 1.165) is 19.3 Å². The Hall–Kier alpha value is -2.75. The van der Waals surface area contributed by atoms with E-state index in [1.807, 2.05) is 5.38 Å². The zero-order valence-electron chi connectivity index (χ0n) is 14.0. The number of rotatable bonds is 8. The molecule has 0 bridgehead atoms. The Kier molecular flexibility index (Phi) is 7.08. The molecule has 2 aromatic rings. The topological polar surface area (TPSA) is 144 Å². The Morgan fingerprint density at radius 1 is 1.28 bits per heavy atom. The highest BCUT2D eigenvalue weighted by molar-refractivity contribution is 7.14. The molecule has 0 aliphatic carbocycles. The minimum Gasteiger partial charge on any atom is -0.370 e. The van der Waals surface area contributed by atoms with E-state index in [1.165, 1.54) is 11.3 Å². The first-order valence-electron chi connectivity index (χ1n) is 7.96. The number of urea groups is 1. The molecule has 0 radical (unpaired) electrons. The van der Waals surface area contributed by atoms with E-state index in [2.05, 4.69) is 37.5 Å². The summed E-state index contributed by atoms with van der Waals surface area (Å²) in [4.78, 5) is 27.9. The molecular weight excluding hydrogens is 340 g/mol. The summed E-state index contributed by atoms with van der Waals surface area (Å²) in [6, 6.07) is 1.12. The number of anilines is 1. The van der Waals surface area contributed by atoms with E-state index in [4.69, 9.17) is 11.5 Å². The first kappa shape index (κ1) is 18.6. The van der Waals surface area contributed by atoms with Crippen LogP contribution < -0.4 is 22.1 Å². The average molecular weight is 362 g/mol. The van der Waals surface area contributed by atoms with Gasteiger partial charge in [-0.25, -0.2) is 19.7 Å². The second kappa shape index (κ2) is 9.52. The van der Waals surface area contributed by atoms with Crippen molar-refractivity contribution in [2.24, 2.45) is 16.5 Å². The van der Waals surface area contributed by atoms with Crippen molar-refractivity contribution in [3.63, 3.8) is 0 Å². The zero-order chi connectivity index (χ0) is 18.1. The molecule has 2 aromatic heterocycles. The predicted octanol–water partition coefficient (Wildman–Crippen LogP) is 1.69. The number of carbonyl (C=O) groups excluding carboxylic acids is 1. The molecule has 0 saturated carbocycles. The molecule has 0 aliphatic heterocycles. The van der Waals surface area contributed by atoms with Crippen LogP contribution in [0.3, 0.4) is 0 Å². The van der Waals surface area contributed by atoms with E-state index in [9.17, 15) is 4.79 Å². The van der Waals surface area contributed by atoms with Crippen LogP contribution in [0.2, 0.25) is 0 Å². The lowest BCUT2D eigenvalue weighted by atomic mass is 10.2. The molecule has 10 heteroatoms. The molecule has 2 amide bonds. The highest BCUT2D eigenvalue weighted by Gasteiger charge is 2.08. The SMILES string of the molecule is CCCCCN=C(N)Nc1nc(-c2ccnc(CNC(N)=O)n2)cs1. The number of primary amides is 1. The Balaban J connectivity index is 1.98. The molecular formula is C15H22N8OS. The number of nitrogens with two attached hydrogens (primary N) is 2. The van der Waals surface area contributed by atoms with Crippen LogP contribution in [0.25, 0.3) is 11.4 Å². The van der Waals surface area contributed by atoms with Gasteiger partial charge in [0.25, 0.3) is 0 Å². The van der Waals surface area contributed by atoms with Gasteiger partial charge < -0.3 is 22.1 Å². The average Bonchev–Trinajstić information content (AvgIpc) is 3.05. The van der Waals surface area contributed by atoms with E-state index in [0.29, 0.717) is 34.8 Å². The second-order valence-corrected chi connectivity index (χ2v) is 6.07. The van der Waals surface area contributed by atoms with Crippen LogP contribution in [0, 0.1) is 0 Å². The molecule has 2 heterocycles. The number of aliphatic imine (C=N–C) groups is 1. The van der Waals surface area contributed by atoms with Crippen LogP contribution in [0.15, 0.2) is 22.6 Å². The Labute approximate surface area is 150 Å². The normalized spacial score (nSPS) is 11.3. The molecule has 0 aromatic carbocycles. The number of amides is 2. The molecule has 0 unspecified atom stereocenters. The fourth-order valence-corrected chi connectivity index (χ4v) is 2.66. The van der Waals surface area contributed by atoms with Gasteiger partial charge in [-0.1, -0.05) is 19.8 Å². The van der Waals surface area contributed by atoms with E-state index in [1.54, 1.807) is 12.3 Å². The van der Waals surface area contributed by atoms with Gasteiger partial charge in [0.2, 0.25) is 0 Å². The number of hydrogen-bond donors (Lipinski definition) is 4. The van der Waals surface area contributed by atoms with Crippen LogP contribution in [0.5, 0.6) is 0 Å². The summed E-state index contributed by atoms with van der Waals surface area (Å²) in [6.07, 6.45) is 4.91. The van der Waals surface area contributed by atoms with Gasteiger partial charge in [-0.15, -0.1) is 11.3 Å². The van der Waals surface area contributed by atoms with Gasteiger partial charge in [0.15, 0.2) is 11.1 Å². The lowest BCUT2D eigenvalue weighted by Gasteiger charge is -2.03. The van der Waals surface area contributed by atoms with Crippen LogP contribution >= 0.6 is 11.3 Å². The van der Waals surface area contributed by atoms with Gasteiger partial charge in [-0.2, -0.15) is 0 Å². The number of nitrogens with one attached hydrogen (secondary N) is 2. The third-order valence-electron chi connectivity index (χ3n) is 3.17. The summed E-state index contributed by atoms with van der Waals surface area (Å²) in [5, 5.41) is 7.94. The van der Waals surface area contributed by atoms with Crippen molar-refractivity contribution < 1.29 is 4.79 Å². The Bertz CT molecular complexity index is 730. The molecule has 0 saturated heterocycles. The summed E-state index contributed by atoms with van der Waals surface area (Å²) >= 11 is 1.41. The maximum absolute atomic E-state index is 10.8.